The van der Waals surface area contributed by atoms with Crippen molar-refractivity contribution in [2.75, 3.05) is 17.7 Å². The van der Waals surface area contributed by atoms with Gasteiger partial charge >= 0.3 is 0 Å². The molecule has 162 valence electrons. The molecule has 8 heteroatoms. The number of pyridine rings is 1. The van der Waals surface area contributed by atoms with Crippen molar-refractivity contribution < 1.29 is 9.53 Å². The average Bonchev–Trinajstić information content (AvgIpc) is 3.23. The molecular weight excluding hydrogens is 426 g/mol. The standard InChI is InChI=1S/C24H22ClN5O2/c1-30-13-12-26-23(30)22(19-8-3-4-9-20(19)32-2)29-21-11-10-16(15-27-21)24(31)28-18-7-5-6-17(25)14-18/h3-15,22H,1-2H3,(H,27,29)(H,28,31). The van der Waals surface area contributed by atoms with Crippen LogP contribution in [0.15, 0.2) is 79.3 Å². The summed E-state index contributed by atoms with van der Waals surface area (Å²) in [4.78, 5) is 21.5. The number of rotatable bonds is 7. The van der Waals surface area contributed by atoms with Gasteiger partial charge in [-0.15, -0.1) is 0 Å². The van der Waals surface area contributed by atoms with Gasteiger partial charge < -0.3 is 19.9 Å². The van der Waals surface area contributed by atoms with E-state index in [4.69, 9.17) is 16.3 Å². The van der Waals surface area contributed by atoms with Crippen LogP contribution >= 0.6 is 11.6 Å². The lowest BCUT2D eigenvalue weighted by molar-refractivity contribution is 0.102. The molecule has 2 aromatic carbocycles. The molecule has 2 N–H and O–H groups in total. The van der Waals surface area contributed by atoms with Crippen LogP contribution in [0.5, 0.6) is 5.75 Å². The van der Waals surface area contributed by atoms with Crippen LogP contribution < -0.4 is 15.4 Å². The molecule has 0 aliphatic rings. The number of carbonyl (C=O) groups excluding carboxylic acids is 1. The number of nitrogens with one attached hydrogen (secondary N) is 2. The number of halogens is 1. The van der Waals surface area contributed by atoms with Gasteiger partial charge in [-0.25, -0.2) is 9.97 Å². The molecule has 1 unspecified atom stereocenters. The Morgan fingerprint density at radius 1 is 1.09 bits per heavy atom. The number of para-hydroxylation sites is 1. The summed E-state index contributed by atoms with van der Waals surface area (Å²) in [7, 11) is 3.57. The Morgan fingerprint density at radius 2 is 1.94 bits per heavy atom. The van der Waals surface area contributed by atoms with E-state index in [2.05, 4.69) is 20.6 Å². The SMILES string of the molecule is COc1ccccc1C(Nc1ccc(C(=O)Nc2cccc(Cl)c2)cn1)c1nccn1C. The zero-order valence-electron chi connectivity index (χ0n) is 17.6. The fraction of sp³-hybridized carbons (Fsp3) is 0.125. The summed E-state index contributed by atoms with van der Waals surface area (Å²) in [6, 6.07) is 17.9. The Labute approximate surface area is 191 Å². The molecule has 1 atom stereocenters. The number of imidazole rings is 1. The van der Waals surface area contributed by atoms with Crippen LogP contribution in [0.1, 0.15) is 27.8 Å². The zero-order chi connectivity index (χ0) is 22.5. The van der Waals surface area contributed by atoms with Gasteiger partial charge in [-0.2, -0.15) is 0 Å². The van der Waals surface area contributed by atoms with Crippen LogP contribution in [0.3, 0.4) is 0 Å². The number of hydrogen-bond acceptors (Lipinski definition) is 5. The number of aromatic nitrogens is 3. The van der Waals surface area contributed by atoms with Gasteiger partial charge in [-0.05, 0) is 36.4 Å². The molecule has 2 aromatic heterocycles. The topological polar surface area (TPSA) is 81.1 Å². The highest BCUT2D eigenvalue weighted by molar-refractivity contribution is 6.30. The molecule has 4 aromatic rings. The van der Waals surface area contributed by atoms with Crippen LogP contribution in [0, 0.1) is 0 Å². The molecule has 1 amide bonds. The minimum absolute atomic E-state index is 0.267. The summed E-state index contributed by atoms with van der Waals surface area (Å²) in [5, 5.41) is 6.78. The number of ether oxygens (including phenoxy) is 1. The Kier molecular flexibility index (Phi) is 6.37. The Morgan fingerprint density at radius 3 is 2.62 bits per heavy atom. The predicted molar refractivity (Wildman–Crippen MR) is 125 cm³/mol. The van der Waals surface area contributed by atoms with Crippen LogP contribution in [0.4, 0.5) is 11.5 Å². The first-order valence-electron chi connectivity index (χ1n) is 9.95. The van der Waals surface area contributed by atoms with Crippen molar-refractivity contribution in [3.63, 3.8) is 0 Å². The van der Waals surface area contributed by atoms with Gasteiger partial charge in [0.05, 0.1) is 12.7 Å². The summed E-state index contributed by atoms with van der Waals surface area (Å²) >= 11 is 5.98. The van der Waals surface area contributed by atoms with E-state index in [0.717, 1.165) is 17.1 Å². The van der Waals surface area contributed by atoms with E-state index < -0.39 is 0 Å². The third-order valence-electron chi connectivity index (χ3n) is 4.97. The second-order valence-corrected chi connectivity index (χ2v) is 7.55. The molecule has 0 saturated heterocycles. The number of anilines is 2. The molecular formula is C24H22ClN5O2. The van der Waals surface area contributed by atoms with E-state index >= 15 is 0 Å². The Hall–Kier alpha value is -3.84. The molecule has 0 bridgehead atoms. The third-order valence-corrected chi connectivity index (χ3v) is 5.20. The van der Waals surface area contributed by atoms with Gasteiger partial charge in [0.2, 0.25) is 0 Å². The van der Waals surface area contributed by atoms with Crippen molar-refractivity contribution in [3.05, 3.63) is 101 Å². The maximum Gasteiger partial charge on any atom is 0.257 e. The molecule has 4 rings (SSSR count). The average molecular weight is 448 g/mol. The number of methoxy groups -OCH3 is 1. The number of nitrogens with zero attached hydrogens (tertiary/aromatic N) is 3. The van der Waals surface area contributed by atoms with Gasteiger partial charge in [0.25, 0.3) is 5.91 Å². The second kappa shape index (κ2) is 9.53. The summed E-state index contributed by atoms with van der Waals surface area (Å²) in [6.45, 7) is 0. The largest absolute Gasteiger partial charge is 0.496 e. The first-order chi connectivity index (χ1) is 15.5. The molecule has 2 heterocycles. The number of carbonyl (C=O) groups is 1. The van der Waals surface area contributed by atoms with Crippen molar-refractivity contribution in [1.29, 1.82) is 0 Å². The normalized spacial score (nSPS) is 11.6. The molecule has 0 saturated carbocycles. The Balaban J connectivity index is 1.57. The highest BCUT2D eigenvalue weighted by atomic mass is 35.5. The van der Waals surface area contributed by atoms with Gasteiger partial charge in [-0.3, -0.25) is 4.79 Å². The van der Waals surface area contributed by atoms with E-state index in [9.17, 15) is 4.79 Å². The monoisotopic (exact) mass is 447 g/mol. The van der Waals surface area contributed by atoms with Crippen LogP contribution in [0.2, 0.25) is 5.02 Å². The molecule has 7 nitrogen and oxygen atoms in total. The molecule has 32 heavy (non-hydrogen) atoms. The van der Waals surface area contributed by atoms with Gasteiger partial charge in [0.1, 0.15) is 23.4 Å². The van der Waals surface area contributed by atoms with Crippen LogP contribution in [0.25, 0.3) is 0 Å². The first kappa shape index (κ1) is 21.4. The van der Waals surface area contributed by atoms with E-state index in [1.165, 1.54) is 6.20 Å². The summed E-state index contributed by atoms with van der Waals surface area (Å²) < 4.78 is 7.50. The smallest absolute Gasteiger partial charge is 0.257 e. The van der Waals surface area contributed by atoms with Crippen molar-refractivity contribution in [3.8, 4) is 5.75 Å². The molecule has 0 spiro atoms. The number of benzene rings is 2. The molecule has 0 fully saturated rings. The number of amides is 1. The lowest BCUT2D eigenvalue weighted by Crippen LogP contribution is -2.18. The van der Waals surface area contributed by atoms with Crippen molar-refractivity contribution in [2.45, 2.75) is 6.04 Å². The fourth-order valence-electron chi connectivity index (χ4n) is 3.37. The van der Waals surface area contributed by atoms with E-state index in [1.54, 1.807) is 49.7 Å². The van der Waals surface area contributed by atoms with Gasteiger partial charge in [0, 0.05) is 41.9 Å². The third kappa shape index (κ3) is 4.73. The minimum Gasteiger partial charge on any atom is -0.496 e. The lowest BCUT2D eigenvalue weighted by Gasteiger charge is -2.21. The van der Waals surface area contributed by atoms with Gasteiger partial charge in [0.15, 0.2) is 0 Å². The maximum absolute atomic E-state index is 12.6. The number of hydrogen-bond donors (Lipinski definition) is 2. The molecule has 0 aliphatic carbocycles. The van der Waals surface area contributed by atoms with E-state index in [1.807, 2.05) is 42.1 Å². The fourth-order valence-corrected chi connectivity index (χ4v) is 3.56. The highest BCUT2D eigenvalue weighted by Gasteiger charge is 2.22. The van der Waals surface area contributed by atoms with Crippen molar-refractivity contribution >= 4 is 29.0 Å². The highest BCUT2D eigenvalue weighted by Crippen LogP contribution is 2.31. The maximum atomic E-state index is 12.6. The molecule has 0 aliphatic heterocycles. The van der Waals surface area contributed by atoms with Crippen molar-refractivity contribution in [1.82, 2.24) is 14.5 Å². The lowest BCUT2D eigenvalue weighted by atomic mass is 10.0. The molecule has 0 radical (unpaired) electrons. The van der Waals surface area contributed by atoms with Gasteiger partial charge in [-0.1, -0.05) is 35.9 Å². The Bertz CT molecular complexity index is 1220. The summed E-state index contributed by atoms with van der Waals surface area (Å²) in [5.41, 5.74) is 1.98. The summed E-state index contributed by atoms with van der Waals surface area (Å²) in [6.07, 6.45) is 5.16. The minimum atomic E-state index is -0.301. The second-order valence-electron chi connectivity index (χ2n) is 7.11. The quantitative estimate of drug-likeness (QED) is 0.419. The first-order valence-corrected chi connectivity index (χ1v) is 10.3. The zero-order valence-corrected chi connectivity index (χ0v) is 18.4. The van der Waals surface area contributed by atoms with Crippen molar-refractivity contribution in [2.24, 2.45) is 7.05 Å². The van der Waals surface area contributed by atoms with Crippen LogP contribution in [-0.2, 0) is 7.05 Å². The van der Waals surface area contributed by atoms with Crippen LogP contribution in [-0.4, -0.2) is 27.6 Å². The number of aryl methyl sites for hydroxylation is 1. The van der Waals surface area contributed by atoms with E-state index in [-0.39, 0.29) is 11.9 Å². The predicted octanol–water partition coefficient (Wildman–Crippen LogP) is 4.93. The van der Waals surface area contributed by atoms with E-state index in [0.29, 0.717) is 22.1 Å². The summed E-state index contributed by atoms with van der Waals surface area (Å²) in [5.74, 6) is 1.88.